The number of aromatic nitrogens is 3. The molecule has 7 nitrogen and oxygen atoms in total. The summed E-state index contributed by atoms with van der Waals surface area (Å²) in [6.45, 7) is 7.25. The lowest BCUT2D eigenvalue weighted by atomic mass is 10.0. The molecule has 1 N–H and O–H groups in total. The van der Waals surface area contributed by atoms with E-state index in [1.165, 1.54) is 7.11 Å². The summed E-state index contributed by atoms with van der Waals surface area (Å²) in [6.07, 6.45) is 0. The fourth-order valence-electron chi connectivity index (χ4n) is 3.14. The Kier molecular flexibility index (Phi) is 4.53. The van der Waals surface area contributed by atoms with E-state index in [0.29, 0.717) is 31.2 Å². The van der Waals surface area contributed by atoms with Crippen molar-refractivity contribution in [3.05, 3.63) is 40.3 Å². The third-order valence-electron chi connectivity index (χ3n) is 4.33. The van der Waals surface area contributed by atoms with Crippen molar-refractivity contribution < 1.29 is 14.3 Å². The Labute approximate surface area is 141 Å². The van der Waals surface area contributed by atoms with Gasteiger partial charge in [-0.05, 0) is 32.9 Å². The Hall–Kier alpha value is -2.41. The van der Waals surface area contributed by atoms with Gasteiger partial charge in [-0.15, -0.1) is 0 Å². The number of amides is 1. The SMILES string of the molecule is COc1nc(C)ccc1C(=O)N1CCOCC1c1c(C)n[nH]c1C. The molecule has 1 atom stereocenters. The Bertz CT molecular complexity index is 737. The van der Waals surface area contributed by atoms with Crippen molar-refractivity contribution in [3.63, 3.8) is 0 Å². The van der Waals surface area contributed by atoms with Gasteiger partial charge in [0.2, 0.25) is 5.88 Å². The summed E-state index contributed by atoms with van der Waals surface area (Å²) >= 11 is 0. The first-order valence-electron chi connectivity index (χ1n) is 7.94. The second kappa shape index (κ2) is 6.60. The minimum atomic E-state index is -0.170. The number of nitrogens with zero attached hydrogens (tertiary/aromatic N) is 3. The van der Waals surface area contributed by atoms with E-state index in [1.807, 2.05) is 31.7 Å². The third-order valence-corrected chi connectivity index (χ3v) is 4.33. The molecule has 7 heteroatoms. The Balaban J connectivity index is 1.98. The Morgan fingerprint density at radius 3 is 2.83 bits per heavy atom. The number of carbonyl (C=O) groups is 1. The van der Waals surface area contributed by atoms with Gasteiger partial charge >= 0.3 is 0 Å². The molecule has 1 aliphatic heterocycles. The van der Waals surface area contributed by atoms with Crippen molar-refractivity contribution in [2.75, 3.05) is 26.9 Å². The van der Waals surface area contributed by atoms with E-state index in [2.05, 4.69) is 15.2 Å². The number of pyridine rings is 1. The van der Waals surface area contributed by atoms with Crippen LogP contribution in [0.1, 0.15) is 39.0 Å². The number of carbonyl (C=O) groups excluding carboxylic acids is 1. The summed E-state index contributed by atoms with van der Waals surface area (Å²) in [5.74, 6) is 0.249. The van der Waals surface area contributed by atoms with E-state index in [9.17, 15) is 4.79 Å². The number of methoxy groups -OCH3 is 1. The van der Waals surface area contributed by atoms with E-state index in [1.54, 1.807) is 6.07 Å². The van der Waals surface area contributed by atoms with Crippen molar-refractivity contribution >= 4 is 5.91 Å². The minimum Gasteiger partial charge on any atom is -0.480 e. The monoisotopic (exact) mass is 330 g/mol. The first-order valence-corrected chi connectivity index (χ1v) is 7.94. The molecule has 128 valence electrons. The maximum absolute atomic E-state index is 13.1. The lowest BCUT2D eigenvalue weighted by molar-refractivity contribution is -0.00320. The summed E-state index contributed by atoms with van der Waals surface area (Å²) in [4.78, 5) is 19.3. The van der Waals surface area contributed by atoms with Crippen molar-refractivity contribution in [2.24, 2.45) is 0 Å². The van der Waals surface area contributed by atoms with Gasteiger partial charge in [-0.25, -0.2) is 4.98 Å². The van der Waals surface area contributed by atoms with Crippen LogP contribution in [-0.2, 0) is 4.74 Å². The molecule has 0 bridgehead atoms. The van der Waals surface area contributed by atoms with Crippen molar-refractivity contribution in [3.8, 4) is 5.88 Å². The topological polar surface area (TPSA) is 80.3 Å². The fourth-order valence-corrected chi connectivity index (χ4v) is 3.14. The summed E-state index contributed by atoms with van der Waals surface area (Å²) < 4.78 is 10.9. The van der Waals surface area contributed by atoms with E-state index in [4.69, 9.17) is 9.47 Å². The van der Waals surface area contributed by atoms with Crippen LogP contribution in [0, 0.1) is 20.8 Å². The highest BCUT2D eigenvalue weighted by Crippen LogP contribution is 2.31. The molecule has 1 amide bonds. The summed E-state index contributed by atoms with van der Waals surface area (Å²) in [7, 11) is 1.53. The van der Waals surface area contributed by atoms with Gasteiger partial charge in [0, 0.05) is 23.5 Å². The van der Waals surface area contributed by atoms with E-state index < -0.39 is 0 Å². The number of rotatable bonds is 3. The quantitative estimate of drug-likeness (QED) is 0.930. The maximum Gasteiger partial charge on any atom is 0.260 e. The van der Waals surface area contributed by atoms with E-state index in [-0.39, 0.29) is 11.9 Å². The summed E-state index contributed by atoms with van der Waals surface area (Å²) in [5, 5.41) is 7.23. The van der Waals surface area contributed by atoms with Gasteiger partial charge in [-0.3, -0.25) is 9.89 Å². The molecule has 0 aromatic carbocycles. The zero-order chi connectivity index (χ0) is 17.3. The second-order valence-corrected chi connectivity index (χ2v) is 5.95. The van der Waals surface area contributed by atoms with Crippen LogP contribution in [0.25, 0.3) is 0 Å². The number of ether oxygens (including phenoxy) is 2. The van der Waals surface area contributed by atoms with Gasteiger partial charge in [0.05, 0.1) is 32.1 Å². The smallest absolute Gasteiger partial charge is 0.260 e. The molecule has 0 spiro atoms. The molecular weight excluding hydrogens is 308 g/mol. The molecule has 3 rings (SSSR count). The predicted molar refractivity (Wildman–Crippen MR) is 88.2 cm³/mol. The van der Waals surface area contributed by atoms with E-state index >= 15 is 0 Å². The first kappa shape index (κ1) is 16.4. The average Bonchev–Trinajstić information content (AvgIpc) is 2.92. The molecule has 0 radical (unpaired) electrons. The summed E-state index contributed by atoms with van der Waals surface area (Å²) in [6, 6.07) is 3.42. The number of aromatic amines is 1. The van der Waals surface area contributed by atoms with Crippen LogP contribution >= 0.6 is 0 Å². The lowest BCUT2D eigenvalue weighted by Crippen LogP contribution is -2.44. The maximum atomic E-state index is 13.1. The predicted octanol–water partition coefficient (Wildman–Crippen LogP) is 1.95. The normalized spacial score (nSPS) is 17.8. The molecule has 2 aromatic heterocycles. The third kappa shape index (κ3) is 2.87. The molecule has 24 heavy (non-hydrogen) atoms. The highest BCUT2D eigenvalue weighted by Gasteiger charge is 2.33. The molecule has 1 aliphatic rings. The molecule has 2 aromatic rings. The van der Waals surface area contributed by atoms with Crippen LogP contribution < -0.4 is 4.74 Å². The molecule has 1 saturated heterocycles. The molecule has 1 fully saturated rings. The van der Waals surface area contributed by atoms with Gasteiger partial charge in [-0.1, -0.05) is 0 Å². The molecule has 3 heterocycles. The number of aryl methyl sites for hydroxylation is 3. The number of nitrogens with one attached hydrogen (secondary N) is 1. The van der Waals surface area contributed by atoms with Gasteiger partial charge in [0.1, 0.15) is 5.56 Å². The standard InChI is InChI=1S/C17H22N4O3/c1-10-5-6-13(16(18-10)23-4)17(22)21-7-8-24-9-14(21)15-11(2)19-20-12(15)3/h5-6,14H,7-9H2,1-4H3,(H,19,20). The average molecular weight is 330 g/mol. The number of morpholine rings is 1. The van der Waals surface area contributed by atoms with Crippen LogP contribution in [0.15, 0.2) is 12.1 Å². The Morgan fingerprint density at radius 1 is 1.38 bits per heavy atom. The first-order chi connectivity index (χ1) is 11.5. The van der Waals surface area contributed by atoms with Crippen molar-refractivity contribution in [2.45, 2.75) is 26.8 Å². The minimum absolute atomic E-state index is 0.104. The fraction of sp³-hybridized carbons (Fsp3) is 0.471. The van der Waals surface area contributed by atoms with Gasteiger partial charge in [0.25, 0.3) is 5.91 Å². The number of H-pyrrole nitrogens is 1. The van der Waals surface area contributed by atoms with Crippen molar-refractivity contribution in [1.29, 1.82) is 0 Å². The van der Waals surface area contributed by atoms with E-state index in [0.717, 1.165) is 22.6 Å². The van der Waals surface area contributed by atoms with Gasteiger partial charge in [-0.2, -0.15) is 5.10 Å². The van der Waals surface area contributed by atoms with Crippen LogP contribution in [0.4, 0.5) is 0 Å². The highest BCUT2D eigenvalue weighted by atomic mass is 16.5. The molecule has 0 aliphatic carbocycles. The molecule has 1 unspecified atom stereocenters. The zero-order valence-electron chi connectivity index (χ0n) is 14.4. The van der Waals surface area contributed by atoms with Crippen LogP contribution in [0.2, 0.25) is 0 Å². The molecular formula is C17H22N4O3. The second-order valence-electron chi connectivity index (χ2n) is 5.95. The molecule has 0 saturated carbocycles. The lowest BCUT2D eigenvalue weighted by Gasteiger charge is -2.36. The van der Waals surface area contributed by atoms with Gasteiger partial charge < -0.3 is 14.4 Å². The number of hydrogen-bond acceptors (Lipinski definition) is 5. The van der Waals surface area contributed by atoms with Crippen LogP contribution in [0.3, 0.4) is 0 Å². The largest absolute Gasteiger partial charge is 0.480 e. The number of hydrogen-bond donors (Lipinski definition) is 1. The van der Waals surface area contributed by atoms with Crippen molar-refractivity contribution in [1.82, 2.24) is 20.1 Å². The van der Waals surface area contributed by atoms with Crippen LogP contribution in [0.5, 0.6) is 5.88 Å². The zero-order valence-corrected chi connectivity index (χ0v) is 14.4. The summed E-state index contributed by atoms with van der Waals surface area (Å²) in [5.41, 5.74) is 4.13. The Morgan fingerprint density at radius 2 is 2.17 bits per heavy atom. The highest BCUT2D eigenvalue weighted by molar-refractivity contribution is 5.96. The van der Waals surface area contributed by atoms with Crippen LogP contribution in [-0.4, -0.2) is 52.9 Å². The van der Waals surface area contributed by atoms with Gasteiger partial charge in [0.15, 0.2) is 0 Å².